The third-order valence-corrected chi connectivity index (χ3v) is 7.50. The van der Waals surface area contributed by atoms with Gasteiger partial charge in [0.25, 0.3) is 5.91 Å². The number of amides is 1. The number of piperazine rings is 1. The number of primary amides is 1. The van der Waals surface area contributed by atoms with Gasteiger partial charge in [0, 0.05) is 49.4 Å². The maximum Gasteiger partial charge on any atom is 0.260 e. The monoisotopic (exact) mass is 505 g/mol. The maximum absolute atomic E-state index is 11.7. The highest BCUT2D eigenvalue weighted by molar-refractivity contribution is 7.12. The number of nitrogens with zero attached hydrogens (tertiary/aromatic N) is 3. The van der Waals surface area contributed by atoms with Crippen molar-refractivity contribution < 1.29 is 9.53 Å². The molecule has 4 heterocycles. The zero-order chi connectivity index (χ0) is 25.2. The molecule has 0 radical (unpaired) electrons. The molecule has 1 aliphatic heterocycles. The quantitative estimate of drug-likeness (QED) is 0.273. The van der Waals surface area contributed by atoms with E-state index in [1.807, 2.05) is 17.5 Å². The van der Waals surface area contributed by atoms with E-state index in [-0.39, 0.29) is 0 Å². The van der Waals surface area contributed by atoms with Gasteiger partial charge in [-0.2, -0.15) is 0 Å². The van der Waals surface area contributed by atoms with E-state index in [9.17, 15) is 4.79 Å². The summed E-state index contributed by atoms with van der Waals surface area (Å²) in [6.45, 7) is 8.62. The number of carbonyl (C=O) groups excluding carboxylic acids is 1. The van der Waals surface area contributed by atoms with Gasteiger partial charge in [-0.15, -0.1) is 11.3 Å². The Morgan fingerprint density at radius 2 is 1.89 bits per heavy atom. The Balaban J connectivity index is 1.36. The Hall–Kier alpha value is -3.76. The first-order chi connectivity index (χ1) is 17.4. The molecule has 1 amide bonds. The number of hydrogen-bond donors (Lipinski definition) is 4. The van der Waals surface area contributed by atoms with Gasteiger partial charge in [0.2, 0.25) is 0 Å². The van der Waals surface area contributed by atoms with Crippen molar-refractivity contribution in [2.45, 2.75) is 19.9 Å². The second kappa shape index (κ2) is 10.1. The van der Waals surface area contributed by atoms with Crippen molar-refractivity contribution in [3.8, 4) is 5.75 Å². The molecule has 0 spiro atoms. The lowest BCUT2D eigenvalue weighted by Crippen LogP contribution is -2.48. The van der Waals surface area contributed by atoms with Crippen LogP contribution in [0.4, 0.5) is 28.6 Å². The highest BCUT2D eigenvalue weighted by Gasteiger charge is 2.20. The van der Waals surface area contributed by atoms with Crippen LogP contribution < -0.4 is 26.0 Å². The highest BCUT2D eigenvalue weighted by atomic mass is 32.1. The number of fused-ring (bicyclic) bond motifs is 1. The fourth-order valence-corrected chi connectivity index (χ4v) is 5.29. The molecule has 0 saturated carbocycles. The van der Waals surface area contributed by atoms with E-state index < -0.39 is 5.91 Å². The minimum Gasteiger partial charge on any atom is -0.494 e. The van der Waals surface area contributed by atoms with Crippen LogP contribution in [0.5, 0.6) is 5.75 Å². The van der Waals surface area contributed by atoms with Crippen molar-refractivity contribution in [2.24, 2.45) is 5.73 Å². The van der Waals surface area contributed by atoms with Gasteiger partial charge >= 0.3 is 0 Å². The third kappa shape index (κ3) is 4.82. The fraction of sp³-hybridized carbons (Fsp3) is 0.308. The van der Waals surface area contributed by atoms with Gasteiger partial charge in [0.1, 0.15) is 16.4 Å². The topological polar surface area (TPSA) is 112 Å². The molecule has 188 valence electrons. The number of ether oxygens (including phenoxy) is 1. The summed E-state index contributed by atoms with van der Waals surface area (Å²) >= 11 is 1.31. The molecule has 0 atom stereocenters. The number of methoxy groups -OCH3 is 1. The smallest absolute Gasteiger partial charge is 0.260 e. The zero-order valence-electron chi connectivity index (χ0n) is 20.7. The molecule has 1 saturated heterocycles. The van der Waals surface area contributed by atoms with Crippen LogP contribution in [0.1, 0.15) is 23.5 Å². The number of hydrogen-bond acceptors (Lipinski definition) is 8. The molecular formula is C26H31N7O2S. The number of pyridine rings is 1. The van der Waals surface area contributed by atoms with Crippen LogP contribution in [0.25, 0.3) is 10.9 Å². The van der Waals surface area contributed by atoms with Crippen molar-refractivity contribution in [3.63, 3.8) is 0 Å². The molecular weight excluding hydrogens is 474 g/mol. The van der Waals surface area contributed by atoms with Crippen LogP contribution in [-0.4, -0.2) is 60.1 Å². The van der Waals surface area contributed by atoms with Crippen molar-refractivity contribution in [3.05, 3.63) is 53.0 Å². The lowest BCUT2D eigenvalue weighted by Gasteiger charge is -2.38. The predicted molar refractivity (Wildman–Crippen MR) is 147 cm³/mol. The number of nitrogens with two attached hydrogens (primary N) is 1. The number of anilines is 5. The van der Waals surface area contributed by atoms with E-state index in [1.54, 1.807) is 19.5 Å². The van der Waals surface area contributed by atoms with Gasteiger partial charge in [-0.1, -0.05) is 0 Å². The number of rotatable bonds is 8. The molecule has 9 nitrogen and oxygen atoms in total. The Bertz CT molecular complexity index is 1370. The molecule has 0 aliphatic carbocycles. The molecule has 0 bridgehead atoms. The van der Waals surface area contributed by atoms with Crippen molar-refractivity contribution >= 4 is 56.7 Å². The Kier molecular flexibility index (Phi) is 6.71. The van der Waals surface area contributed by atoms with Crippen molar-refractivity contribution in [2.75, 3.05) is 48.8 Å². The first-order valence-electron chi connectivity index (χ1n) is 12.0. The summed E-state index contributed by atoms with van der Waals surface area (Å²) in [5, 5.41) is 9.51. The molecule has 3 aromatic heterocycles. The minimum atomic E-state index is -0.457. The van der Waals surface area contributed by atoms with E-state index in [0.717, 1.165) is 65.7 Å². The van der Waals surface area contributed by atoms with Crippen LogP contribution >= 0.6 is 11.3 Å². The maximum atomic E-state index is 11.7. The van der Waals surface area contributed by atoms with Gasteiger partial charge in [0.05, 0.1) is 42.1 Å². The van der Waals surface area contributed by atoms with E-state index in [4.69, 9.17) is 10.5 Å². The van der Waals surface area contributed by atoms with Gasteiger partial charge in [-0.25, -0.2) is 0 Å². The molecule has 10 heteroatoms. The number of carbonyl (C=O) groups is 1. The van der Waals surface area contributed by atoms with E-state index >= 15 is 0 Å². The van der Waals surface area contributed by atoms with Gasteiger partial charge in [-0.3, -0.25) is 14.7 Å². The highest BCUT2D eigenvalue weighted by Crippen LogP contribution is 2.35. The molecule has 0 unspecified atom stereocenters. The van der Waals surface area contributed by atoms with Crippen LogP contribution in [-0.2, 0) is 0 Å². The Morgan fingerprint density at radius 3 is 2.61 bits per heavy atom. The van der Waals surface area contributed by atoms with E-state index in [1.165, 1.54) is 11.3 Å². The third-order valence-electron chi connectivity index (χ3n) is 6.57. The zero-order valence-corrected chi connectivity index (χ0v) is 21.5. The van der Waals surface area contributed by atoms with E-state index in [2.05, 4.69) is 62.4 Å². The van der Waals surface area contributed by atoms with Crippen LogP contribution in [0.2, 0.25) is 0 Å². The summed E-state index contributed by atoms with van der Waals surface area (Å²) in [7, 11) is 1.69. The molecule has 1 aliphatic rings. The van der Waals surface area contributed by atoms with Crippen LogP contribution in [0, 0.1) is 0 Å². The van der Waals surface area contributed by atoms with Crippen molar-refractivity contribution in [1.82, 2.24) is 14.9 Å². The summed E-state index contributed by atoms with van der Waals surface area (Å²) in [5.74, 6) is 1.12. The number of aromatic amines is 1. The molecule has 1 fully saturated rings. The van der Waals surface area contributed by atoms with Gasteiger partial charge in [-0.05, 0) is 43.5 Å². The normalized spacial score (nSPS) is 14.4. The second-order valence-electron chi connectivity index (χ2n) is 9.11. The Labute approximate surface area is 214 Å². The lowest BCUT2D eigenvalue weighted by atomic mass is 10.2. The SMILES string of the molecule is COc1cc(N2CCN(C(C)C)CC2)ccc1Nc1cc2c(Nc3ccsc3C(N)=O)cncc2[nH]1. The summed E-state index contributed by atoms with van der Waals surface area (Å²) < 4.78 is 5.73. The predicted octanol–water partition coefficient (Wildman–Crippen LogP) is 4.75. The largest absolute Gasteiger partial charge is 0.494 e. The number of aromatic nitrogens is 2. The van der Waals surface area contributed by atoms with Crippen LogP contribution in [0.15, 0.2) is 48.1 Å². The second-order valence-corrected chi connectivity index (χ2v) is 10.0. The van der Waals surface area contributed by atoms with Crippen LogP contribution in [0.3, 0.4) is 0 Å². The van der Waals surface area contributed by atoms with Gasteiger partial charge < -0.3 is 31.0 Å². The first kappa shape index (κ1) is 24.0. The average Bonchev–Trinajstić information content (AvgIpc) is 3.51. The summed E-state index contributed by atoms with van der Waals surface area (Å²) in [4.78, 5) is 24.8. The molecule has 1 aromatic carbocycles. The first-order valence-corrected chi connectivity index (χ1v) is 12.9. The minimum absolute atomic E-state index is 0.457. The Morgan fingerprint density at radius 1 is 1.08 bits per heavy atom. The molecule has 5 N–H and O–H groups in total. The number of thiophene rings is 1. The summed E-state index contributed by atoms with van der Waals surface area (Å²) in [6.07, 6.45) is 3.50. The van der Waals surface area contributed by atoms with Gasteiger partial charge in [0.15, 0.2) is 0 Å². The lowest BCUT2D eigenvalue weighted by molar-refractivity contribution is 0.100. The number of nitrogens with one attached hydrogen (secondary N) is 3. The number of benzene rings is 1. The fourth-order valence-electron chi connectivity index (χ4n) is 4.58. The molecule has 5 rings (SSSR count). The molecule has 4 aromatic rings. The standard InChI is InChI=1S/C26H31N7O2S/c1-16(2)32-7-9-33(10-8-32)17-4-5-19(23(12-17)35-3)30-24-13-18-21(14-28-15-22(18)31-24)29-20-6-11-36-25(20)26(27)34/h4-6,11-16,29-31H,7-10H2,1-3H3,(H2,27,34). The summed E-state index contributed by atoms with van der Waals surface area (Å²) in [6, 6.07) is 10.7. The summed E-state index contributed by atoms with van der Waals surface area (Å²) in [5.41, 5.74) is 9.84. The number of H-pyrrole nitrogens is 1. The van der Waals surface area contributed by atoms with Crippen molar-refractivity contribution in [1.29, 1.82) is 0 Å². The molecule has 36 heavy (non-hydrogen) atoms. The van der Waals surface area contributed by atoms with E-state index in [0.29, 0.717) is 16.6 Å². The average molecular weight is 506 g/mol.